The average molecular weight is 136 g/mol. The molecule has 0 aromatic rings. The molecular formula is C6H10F2O. The summed E-state index contributed by atoms with van der Waals surface area (Å²) in [5, 5.41) is 8.18. The minimum atomic E-state index is -2.81. The topological polar surface area (TPSA) is 20.2 Å². The molecule has 1 fully saturated rings. The van der Waals surface area contributed by atoms with Crippen molar-refractivity contribution in [2.75, 3.05) is 6.61 Å². The molecule has 0 spiro atoms. The highest BCUT2D eigenvalue weighted by atomic mass is 19.3. The summed E-state index contributed by atoms with van der Waals surface area (Å²) in [6.07, 6.45) is 2.04. The average Bonchev–Trinajstić information content (AvgIpc) is 1.60. The number of aliphatic hydroxyl groups is 1. The summed E-state index contributed by atoms with van der Waals surface area (Å²) < 4.78 is 24.7. The lowest BCUT2D eigenvalue weighted by Gasteiger charge is -2.31. The van der Waals surface area contributed by atoms with Crippen LogP contribution in [0.15, 0.2) is 0 Å². The van der Waals surface area contributed by atoms with Gasteiger partial charge >= 0.3 is 0 Å². The summed E-state index contributed by atoms with van der Waals surface area (Å²) in [5.74, 6) is -3.35. The van der Waals surface area contributed by atoms with Crippen LogP contribution in [0.2, 0.25) is 0 Å². The van der Waals surface area contributed by atoms with Gasteiger partial charge in [0.2, 0.25) is 0 Å². The standard InChI is InChI=1S/C6H10F2O/c7-6(8,4-9)5-2-1-3-5/h5,9H,1-4H2. The quantitative estimate of drug-likeness (QED) is 0.608. The van der Waals surface area contributed by atoms with Crippen LogP contribution in [0.3, 0.4) is 0 Å². The van der Waals surface area contributed by atoms with Gasteiger partial charge in [0.05, 0.1) is 0 Å². The van der Waals surface area contributed by atoms with Gasteiger partial charge in [0.25, 0.3) is 5.92 Å². The Bertz CT molecular complexity index is 99.2. The molecule has 0 atom stereocenters. The molecule has 0 saturated heterocycles. The summed E-state index contributed by atoms with van der Waals surface area (Å²) in [7, 11) is 0. The lowest BCUT2D eigenvalue weighted by Crippen LogP contribution is -2.36. The van der Waals surface area contributed by atoms with Crippen molar-refractivity contribution in [2.45, 2.75) is 25.2 Å². The molecule has 1 aliphatic rings. The summed E-state index contributed by atoms with van der Waals surface area (Å²) in [6.45, 7) is -0.988. The Morgan fingerprint density at radius 3 is 2.11 bits per heavy atom. The number of alkyl halides is 2. The van der Waals surface area contributed by atoms with Crippen LogP contribution in [0, 0.1) is 5.92 Å². The first-order valence-corrected chi connectivity index (χ1v) is 3.15. The Balaban J connectivity index is 2.37. The second-order valence-corrected chi connectivity index (χ2v) is 2.55. The fourth-order valence-electron chi connectivity index (χ4n) is 0.960. The molecule has 0 aromatic heterocycles. The van der Waals surface area contributed by atoms with Crippen molar-refractivity contribution in [3.05, 3.63) is 0 Å². The van der Waals surface area contributed by atoms with E-state index in [-0.39, 0.29) is 0 Å². The van der Waals surface area contributed by atoms with Crippen molar-refractivity contribution in [2.24, 2.45) is 5.92 Å². The summed E-state index contributed by atoms with van der Waals surface area (Å²) in [5.41, 5.74) is 0. The first-order chi connectivity index (χ1) is 4.17. The van der Waals surface area contributed by atoms with Gasteiger partial charge in [0.1, 0.15) is 6.61 Å². The van der Waals surface area contributed by atoms with Crippen LogP contribution in [0.4, 0.5) is 8.78 Å². The lowest BCUT2D eigenvalue weighted by atomic mass is 9.81. The highest BCUT2D eigenvalue weighted by Gasteiger charge is 2.41. The Morgan fingerprint density at radius 1 is 1.44 bits per heavy atom. The van der Waals surface area contributed by atoms with Gasteiger partial charge in [-0.1, -0.05) is 6.42 Å². The van der Waals surface area contributed by atoms with Crippen LogP contribution in [-0.4, -0.2) is 17.6 Å². The predicted molar refractivity (Wildman–Crippen MR) is 29.4 cm³/mol. The molecule has 0 heterocycles. The molecule has 1 saturated carbocycles. The highest BCUT2D eigenvalue weighted by Crippen LogP contribution is 2.39. The molecule has 0 aromatic carbocycles. The smallest absolute Gasteiger partial charge is 0.273 e. The highest BCUT2D eigenvalue weighted by molar-refractivity contribution is 4.82. The molecule has 9 heavy (non-hydrogen) atoms. The molecule has 0 aliphatic heterocycles. The molecule has 0 amide bonds. The lowest BCUT2D eigenvalue weighted by molar-refractivity contribution is -0.120. The van der Waals surface area contributed by atoms with Gasteiger partial charge < -0.3 is 5.11 Å². The van der Waals surface area contributed by atoms with Gasteiger partial charge in [-0.3, -0.25) is 0 Å². The van der Waals surface area contributed by atoms with Crippen molar-refractivity contribution in [3.63, 3.8) is 0 Å². The molecule has 0 unspecified atom stereocenters. The van der Waals surface area contributed by atoms with Crippen LogP contribution in [-0.2, 0) is 0 Å². The molecule has 1 aliphatic carbocycles. The van der Waals surface area contributed by atoms with Gasteiger partial charge in [-0.2, -0.15) is 0 Å². The van der Waals surface area contributed by atoms with Gasteiger partial charge in [-0.25, -0.2) is 8.78 Å². The largest absolute Gasteiger partial charge is 0.390 e. The predicted octanol–water partition coefficient (Wildman–Crippen LogP) is 1.41. The third-order valence-corrected chi connectivity index (χ3v) is 1.91. The first kappa shape index (κ1) is 6.93. The molecule has 0 bridgehead atoms. The van der Waals surface area contributed by atoms with E-state index in [1.807, 2.05) is 0 Å². The first-order valence-electron chi connectivity index (χ1n) is 3.15. The van der Waals surface area contributed by atoms with Crippen molar-refractivity contribution >= 4 is 0 Å². The molecule has 54 valence electrons. The summed E-state index contributed by atoms with van der Waals surface area (Å²) in [4.78, 5) is 0. The monoisotopic (exact) mass is 136 g/mol. The molecule has 0 radical (unpaired) electrons. The molecule has 3 heteroatoms. The van der Waals surface area contributed by atoms with Crippen molar-refractivity contribution in [1.82, 2.24) is 0 Å². The van der Waals surface area contributed by atoms with Gasteiger partial charge in [-0.15, -0.1) is 0 Å². The normalized spacial score (nSPS) is 21.7. The number of hydrogen-bond donors (Lipinski definition) is 1. The van der Waals surface area contributed by atoms with E-state index in [2.05, 4.69) is 0 Å². The van der Waals surface area contributed by atoms with Crippen LogP contribution in [0.25, 0.3) is 0 Å². The van der Waals surface area contributed by atoms with E-state index < -0.39 is 18.4 Å². The van der Waals surface area contributed by atoms with E-state index in [1.165, 1.54) is 0 Å². The minimum absolute atomic E-state index is 0.539. The third kappa shape index (κ3) is 1.21. The number of rotatable bonds is 2. The second kappa shape index (κ2) is 2.21. The van der Waals surface area contributed by atoms with E-state index in [9.17, 15) is 8.78 Å². The van der Waals surface area contributed by atoms with E-state index >= 15 is 0 Å². The van der Waals surface area contributed by atoms with Gasteiger partial charge in [0, 0.05) is 5.92 Å². The van der Waals surface area contributed by atoms with Gasteiger partial charge in [0.15, 0.2) is 0 Å². The maximum Gasteiger partial charge on any atom is 0.273 e. The maximum absolute atomic E-state index is 12.3. The number of aliphatic hydroxyl groups excluding tert-OH is 1. The Kier molecular flexibility index (Phi) is 1.70. The van der Waals surface area contributed by atoms with Crippen molar-refractivity contribution in [1.29, 1.82) is 0 Å². The zero-order valence-corrected chi connectivity index (χ0v) is 5.11. The Morgan fingerprint density at radius 2 is 2.00 bits per heavy atom. The maximum atomic E-state index is 12.3. The van der Waals surface area contributed by atoms with E-state index in [0.717, 1.165) is 6.42 Å². The van der Waals surface area contributed by atoms with Crippen molar-refractivity contribution < 1.29 is 13.9 Å². The molecule has 1 nitrogen and oxygen atoms in total. The molecule has 1 N–H and O–H groups in total. The zero-order valence-electron chi connectivity index (χ0n) is 5.11. The van der Waals surface area contributed by atoms with E-state index in [1.54, 1.807) is 0 Å². The van der Waals surface area contributed by atoms with Crippen LogP contribution in [0.5, 0.6) is 0 Å². The fourth-order valence-corrected chi connectivity index (χ4v) is 0.960. The molecular weight excluding hydrogens is 126 g/mol. The van der Waals surface area contributed by atoms with E-state index in [0.29, 0.717) is 12.8 Å². The molecule has 1 rings (SSSR count). The third-order valence-electron chi connectivity index (χ3n) is 1.91. The van der Waals surface area contributed by atoms with Crippen LogP contribution in [0.1, 0.15) is 19.3 Å². The number of halogens is 2. The summed E-state index contributed by atoms with van der Waals surface area (Å²) >= 11 is 0. The van der Waals surface area contributed by atoms with E-state index in [4.69, 9.17) is 5.11 Å². The van der Waals surface area contributed by atoms with Gasteiger partial charge in [-0.05, 0) is 12.8 Å². The summed E-state index contributed by atoms with van der Waals surface area (Å²) in [6, 6.07) is 0. The SMILES string of the molecule is OCC(F)(F)C1CCC1. The van der Waals surface area contributed by atoms with Crippen LogP contribution < -0.4 is 0 Å². The van der Waals surface area contributed by atoms with Crippen LogP contribution >= 0.6 is 0 Å². The zero-order chi connectivity index (χ0) is 6.91. The Hall–Kier alpha value is -0.180. The minimum Gasteiger partial charge on any atom is -0.390 e. The number of hydrogen-bond acceptors (Lipinski definition) is 1. The van der Waals surface area contributed by atoms with Crippen molar-refractivity contribution in [3.8, 4) is 0 Å². The second-order valence-electron chi connectivity index (χ2n) is 2.55. The Labute approximate surface area is 52.7 Å². The fraction of sp³-hybridized carbons (Fsp3) is 1.00.